The predicted molar refractivity (Wildman–Crippen MR) is 124 cm³/mol. The molecule has 0 bridgehead atoms. The van der Waals surface area contributed by atoms with Gasteiger partial charge < -0.3 is 15.0 Å². The first kappa shape index (κ1) is 19.7. The summed E-state index contributed by atoms with van der Waals surface area (Å²) in [7, 11) is 0. The number of carbonyl (C=O) groups excluding carboxylic acids is 1. The second kappa shape index (κ2) is 7.31. The van der Waals surface area contributed by atoms with E-state index in [1.807, 2.05) is 48.4 Å². The first-order chi connectivity index (χ1) is 16.1. The Labute approximate surface area is 192 Å². The molecule has 4 heterocycles. The zero-order valence-electron chi connectivity index (χ0n) is 18.3. The highest BCUT2D eigenvalue weighted by molar-refractivity contribution is 5.96. The summed E-state index contributed by atoms with van der Waals surface area (Å²) < 4.78 is 6.24. The van der Waals surface area contributed by atoms with Gasteiger partial charge in [-0.1, -0.05) is 0 Å². The van der Waals surface area contributed by atoms with Gasteiger partial charge in [-0.3, -0.25) is 9.78 Å². The Bertz CT molecular complexity index is 1320. The van der Waals surface area contributed by atoms with E-state index in [4.69, 9.17) is 4.74 Å². The first-order valence-corrected chi connectivity index (χ1v) is 11.3. The summed E-state index contributed by atoms with van der Waals surface area (Å²) in [6, 6.07) is 12.4. The minimum Gasteiger partial charge on any atom is -0.485 e. The minimum absolute atomic E-state index is 0.154. The number of nitrogens with zero attached hydrogens (tertiary/aromatic N) is 4. The Balaban J connectivity index is 1.30. The highest BCUT2D eigenvalue weighted by Crippen LogP contribution is 2.48. The van der Waals surface area contributed by atoms with Crippen LogP contribution in [0.1, 0.15) is 49.8 Å². The van der Waals surface area contributed by atoms with Gasteiger partial charge in [0.05, 0.1) is 23.4 Å². The van der Waals surface area contributed by atoms with Crippen LogP contribution in [0.2, 0.25) is 0 Å². The lowest BCUT2D eigenvalue weighted by Gasteiger charge is -2.28. The third kappa shape index (κ3) is 3.30. The highest BCUT2D eigenvalue weighted by atomic mass is 16.5. The van der Waals surface area contributed by atoms with E-state index in [1.165, 1.54) is 0 Å². The maximum atomic E-state index is 12.1. The normalized spacial score (nSPS) is 19.8. The number of nitrogens with one attached hydrogen (secondary N) is 1. The van der Waals surface area contributed by atoms with E-state index in [0.29, 0.717) is 12.2 Å². The number of anilines is 3. The van der Waals surface area contributed by atoms with E-state index in [9.17, 15) is 10.1 Å². The fraction of sp³-hybridized carbons (Fsp3) is 0.308. The van der Waals surface area contributed by atoms with Gasteiger partial charge in [0.1, 0.15) is 17.7 Å². The maximum absolute atomic E-state index is 12.1. The van der Waals surface area contributed by atoms with Crippen molar-refractivity contribution >= 4 is 23.1 Å². The smallest absolute Gasteiger partial charge is 0.227 e. The lowest BCUT2D eigenvalue weighted by Crippen LogP contribution is -2.24. The van der Waals surface area contributed by atoms with Crippen LogP contribution in [0.4, 0.5) is 17.2 Å². The summed E-state index contributed by atoms with van der Waals surface area (Å²) in [6.45, 7) is 2.77. The Kier molecular flexibility index (Phi) is 4.37. The van der Waals surface area contributed by atoms with Crippen LogP contribution in [0, 0.1) is 11.3 Å². The van der Waals surface area contributed by atoms with Gasteiger partial charge >= 0.3 is 0 Å². The SMILES string of the molecule is CC1Oc2cc(N3CCCC3=O)ccc2-c2cnc(Nc3cncc(C4(C#N)CC4)c3)cc21. The lowest BCUT2D eigenvalue weighted by atomic mass is 9.94. The van der Waals surface area contributed by atoms with Gasteiger partial charge in [0.15, 0.2) is 0 Å². The van der Waals surface area contributed by atoms with Crippen LogP contribution in [0.25, 0.3) is 11.1 Å². The molecule has 0 spiro atoms. The first-order valence-electron chi connectivity index (χ1n) is 11.3. The van der Waals surface area contributed by atoms with Gasteiger partial charge in [-0.2, -0.15) is 5.26 Å². The number of pyridine rings is 2. The second-order valence-corrected chi connectivity index (χ2v) is 9.03. The molecule has 1 aromatic carbocycles. The second-order valence-electron chi connectivity index (χ2n) is 9.03. The van der Waals surface area contributed by atoms with E-state index in [1.54, 1.807) is 12.4 Å². The number of hydrogen-bond donors (Lipinski definition) is 1. The van der Waals surface area contributed by atoms with Gasteiger partial charge in [-0.15, -0.1) is 0 Å². The van der Waals surface area contributed by atoms with E-state index < -0.39 is 0 Å². The number of rotatable bonds is 4. The van der Waals surface area contributed by atoms with E-state index in [2.05, 4.69) is 21.4 Å². The van der Waals surface area contributed by atoms with Crippen LogP contribution in [0.3, 0.4) is 0 Å². The third-order valence-corrected chi connectivity index (χ3v) is 6.85. The molecule has 3 aromatic rings. The molecule has 1 N–H and O–H groups in total. The molecule has 6 rings (SSSR count). The number of fused-ring (bicyclic) bond motifs is 3. The highest BCUT2D eigenvalue weighted by Gasteiger charge is 2.45. The number of hydrogen-bond acceptors (Lipinski definition) is 6. The molecular weight excluding hydrogens is 414 g/mol. The van der Waals surface area contributed by atoms with Crippen molar-refractivity contribution in [2.24, 2.45) is 0 Å². The van der Waals surface area contributed by atoms with Gasteiger partial charge in [0.25, 0.3) is 0 Å². The zero-order chi connectivity index (χ0) is 22.6. The molecule has 7 heteroatoms. The van der Waals surface area contributed by atoms with Gasteiger partial charge in [0.2, 0.25) is 5.91 Å². The molecule has 2 aromatic heterocycles. The molecule has 2 fully saturated rings. The summed E-state index contributed by atoms with van der Waals surface area (Å²) in [5, 5.41) is 12.8. The lowest BCUT2D eigenvalue weighted by molar-refractivity contribution is -0.117. The summed E-state index contributed by atoms with van der Waals surface area (Å²) in [4.78, 5) is 22.9. The van der Waals surface area contributed by atoms with Crippen molar-refractivity contribution in [3.8, 4) is 22.9 Å². The molecule has 1 aliphatic carbocycles. The molecule has 1 atom stereocenters. The average molecular weight is 438 g/mol. The standard InChI is InChI=1S/C26H23N5O2/c1-16-21-11-24(30-18-9-17(12-28-13-18)26(15-27)6-7-26)29-14-22(21)20-5-4-19(10-23(20)33-16)31-8-2-3-25(31)32/h4-5,9-14,16H,2-3,6-8H2,1H3,(H,29,30). The molecule has 1 unspecified atom stereocenters. The van der Waals surface area contributed by atoms with Crippen LogP contribution in [-0.4, -0.2) is 22.4 Å². The summed E-state index contributed by atoms with van der Waals surface area (Å²) in [6.07, 6.45) is 8.50. The Morgan fingerprint density at radius 2 is 2.06 bits per heavy atom. The Morgan fingerprint density at radius 3 is 2.82 bits per heavy atom. The zero-order valence-corrected chi connectivity index (χ0v) is 18.3. The minimum atomic E-state index is -0.376. The molecule has 33 heavy (non-hydrogen) atoms. The number of carbonyl (C=O) groups is 1. The van der Waals surface area contributed by atoms with Crippen LogP contribution < -0.4 is 15.0 Å². The topological polar surface area (TPSA) is 91.1 Å². The van der Waals surface area contributed by atoms with Crippen molar-refractivity contribution in [3.63, 3.8) is 0 Å². The number of benzene rings is 1. The molecule has 164 valence electrons. The fourth-order valence-corrected chi connectivity index (χ4v) is 4.78. The van der Waals surface area contributed by atoms with Crippen molar-refractivity contribution in [3.05, 3.63) is 60.0 Å². The Morgan fingerprint density at radius 1 is 1.18 bits per heavy atom. The third-order valence-electron chi connectivity index (χ3n) is 6.85. The predicted octanol–water partition coefficient (Wildman–Crippen LogP) is 5.02. The van der Waals surface area contributed by atoms with Crippen LogP contribution >= 0.6 is 0 Å². The van der Waals surface area contributed by atoms with Crippen LogP contribution in [0.15, 0.2) is 48.9 Å². The van der Waals surface area contributed by atoms with Gasteiger partial charge in [-0.05, 0) is 56.0 Å². The van der Waals surface area contributed by atoms with E-state index >= 15 is 0 Å². The van der Waals surface area contributed by atoms with Gasteiger partial charge in [0, 0.05) is 53.8 Å². The summed E-state index contributed by atoms with van der Waals surface area (Å²) in [5.74, 6) is 1.64. The van der Waals surface area contributed by atoms with Crippen LogP contribution in [-0.2, 0) is 10.2 Å². The van der Waals surface area contributed by atoms with E-state index in [0.717, 1.165) is 65.2 Å². The molecule has 1 amide bonds. The number of ether oxygens (including phenoxy) is 1. The van der Waals surface area contributed by atoms with Crippen molar-refractivity contribution in [1.82, 2.24) is 9.97 Å². The van der Waals surface area contributed by atoms with Crippen molar-refractivity contribution in [2.75, 3.05) is 16.8 Å². The summed E-state index contributed by atoms with van der Waals surface area (Å²) in [5.41, 5.74) is 5.32. The molecule has 2 aliphatic heterocycles. The molecule has 7 nitrogen and oxygen atoms in total. The molecular formula is C26H23N5O2. The molecule has 3 aliphatic rings. The molecule has 0 radical (unpaired) electrons. The summed E-state index contributed by atoms with van der Waals surface area (Å²) >= 11 is 0. The number of aromatic nitrogens is 2. The Hall–Kier alpha value is -3.92. The average Bonchev–Trinajstić information content (AvgIpc) is 3.52. The molecule has 1 saturated carbocycles. The molecule has 1 saturated heterocycles. The van der Waals surface area contributed by atoms with Crippen LogP contribution in [0.5, 0.6) is 5.75 Å². The van der Waals surface area contributed by atoms with E-state index in [-0.39, 0.29) is 17.4 Å². The van der Waals surface area contributed by atoms with Gasteiger partial charge in [-0.25, -0.2) is 4.98 Å². The monoisotopic (exact) mass is 437 g/mol. The number of nitriles is 1. The quantitative estimate of drug-likeness (QED) is 0.616. The van der Waals surface area contributed by atoms with Crippen molar-refractivity contribution < 1.29 is 9.53 Å². The number of amides is 1. The van der Waals surface area contributed by atoms with Crippen molar-refractivity contribution in [2.45, 2.75) is 44.1 Å². The van der Waals surface area contributed by atoms with Crippen molar-refractivity contribution in [1.29, 1.82) is 5.26 Å². The maximum Gasteiger partial charge on any atom is 0.227 e. The largest absolute Gasteiger partial charge is 0.485 e. The fourth-order valence-electron chi connectivity index (χ4n) is 4.78.